The number of rotatable bonds is 8. The quantitative estimate of drug-likeness (QED) is 0.392. The average molecular weight is 352 g/mol. The fraction of sp³-hybridized carbons (Fsp3) is 0.438. The molecule has 0 saturated carbocycles. The van der Waals surface area contributed by atoms with E-state index in [0.29, 0.717) is 28.7 Å². The van der Waals surface area contributed by atoms with Gasteiger partial charge >= 0.3 is 0 Å². The highest BCUT2D eigenvalue weighted by Crippen LogP contribution is 2.20. The first-order valence-electron chi connectivity index (χ1n) is 7.34. The van der Waals surface area contributed by atoms with Gasteiger partial charge in [-0.3, -0.25) is 5.43 Å². The van der Waals surface area contributed by atoms with Crippen LogP contribution in [0.15, 0.2) is 23.3 Å². The topological polar surface area (TPSA) is 95.0 Å². The van der Waals surface area contributed by atoms with E-state index in [1.807, 2.05) is 6.92 Å². The van der Waals surface area contributed by atoms with Crippen molar-refractivity contribution in [3.8, 4) is 5.75 Å². The van der Waals surface area contributed by atoms with Crippen LogP contribution in [0.3, 0.4) is 0 Å². The number of ether oxygens (including phenoxy) is 2. The fourth-order valence-electron chi connectivity index (χ4n) is 2.04. The Morgan fingerprint density at radius 3 is 2.71 bits per heavy atom. The highest BCUT2D eigenvalue weighted by molar-refractivity contribution is 7.80. The van der Waals surface area contributed by atoms with E-state index in [2.05, 4.69) is 15.8 Å². The van der Waals surface area contributed by atoms with Gasteiger partial charge in [0.05, 0.1) is 19.4 Å². The van der Waals surface area contributed by atoms with E-state index in [-0.39, 0.29) is 12.5 Å². The zero-order valence-electron chi connectivity index (χ0n) is 14.2. The summed E-state index contributed by atoms with van der Waals surface area (Å²) >= 11 is 5.14. The molecule has 0 heterocycles. The number of carboxylic acid groups (broad SMARTS) is 1. The van der Waals surface area contributed by atoms with Gasteiger partial charge in [0.25, 0.3) is 0 Å². The Bertz CT molecular complexity index is 619. The molecular weight excluding hydrogens is 330 g/mol. The molecule has 0 radical (unpaired) electrons. The third-order valence-electron chi connectivity index (χ3n) is 3.15. The summed E-state index contributed by atoms with van der Waals surface area (Å²) in [5.41, 5.74) is 4.69. The highest BCUT2D eigenvalue weighted by Gasteiger charge is 2.08. The predicted molar refractivity (Wildman–Crippen MR) is 94.1 cm³/mol. The second-order valence-corrected chi connectivity index (χ2v) is 5.62. The van der Waals surface area contributed by atoms with Crippen molar-refractivity contribution in [3.05, 3.63) is 29.3 Å². The van der Waals surface area contributed by atoms with Gasteiger partial charge in [0.2, 0.25) is 0 Å². The minimum Gasteiger partial charge on any atom is -0.550 e. The Kier molecular flexibility index (Phi) is 8.14. The first-order chi connectivity index (χ1) is 11.4. The number of aliphatic carboxylic acids is 1. The number of hydrogen-bond acceptors (Lipinski definition) is 6. The third-order valence-corrected chi connectivity index (χ3v) is 3.36. The summed E-state index contributed by atoms with van der Waals surface area (Å²) in [6.45, 7) is 4.25. The van der Waals surface area contributed by atoms with Crippen LogP contribution in [0.25, 0.3) is 0 Å². The summed E-state index contributed by atoms with van der Waals surface area (Å²) in [6.07, 6.45) is -0.230. The van der Waals surface area contributed by atoms with Gasteiger partial charge < -0.3 is 24.7 Å². The fourth-order valence-corrected chi connectivity index (χ4v) is 2.29. The second kappa shape index (κ2) is 9.84. The molecule has 0 unspecified atom stereocenters. The molecular formula is C16H22N3O4S-. The highest BCUT2D eigenvalue weighted by atomic mass is 32.1. The Hall–Kier alpha value is -2.19. The maximum absolute atomic E-state index is 10.8. The molecule has 1 rings (SSSR count). The van der Waals surface area contributed by atoms with Gasteiger partial charge in [-0.05, 0) is 49.8 Å². The zero-order chi connectivity index (χ0) is 18.1. The van der Waals surface area contributed by atoms with Gasteiger partial charge in [-0.1, -0.05) is 0 Å². The molecule has 0 aliphatic rings. The van der Waals surface area contributed by atoms with Crippen molar-refractivity contribution in [1.29, 1.82) is 0 Å². The minimum atomic E-state index is -1.17. The number of methoxy groups -OCH3 is 2. The van der Waals surface area contributed by atoms with Crippen LogP contribution in [0.5, 0.6) is 5.75 Å². The van der Waals surface area contributed by atoms with Gasteiger partial charge in [0, 0.05) is 31.1 Å². The molecule has 2 N–H and O–H groups in total. The van der Waals surface area contributed by atoms with E-state index >= 15 is 0 Å². The van der Waals surface area contributed by atoms with E-state index in [0.717, 1.165) is 5.56 Å². The number of nitrogens with zero attached hydrogens (tertiary/aromatic N) is 1. The molecule has 7 nitrogen and oxygen atoms in total. The Labute approximate surface area is 147 Å². The molecule has 0 amide bonds. The van der Waals surface area contributed by atoms with Crippen molar-refractivity contribution in [2.45, 2.75) is 26.3 Å². The van der Waals surface area contributed by atoms with Crippen LogP contribution in [-0.2, 0) is 16.0 Å². The van der Waals surface area contributed by atoms with Crippen LogP contribution in [0.2, 0.25) is 0 Å². The number of hydrogen-bond donors (Lipinski definition) is 2. The third kappa shape index (κ3) is 6.51. The minimum absolute atomic E-state index is 0.0566. The summed E-state index contributed by atoms with van der Waals surface area (Å²) in [7, 11) is 3.10. The zero-order valence-corrected chi connectivity index (χ0v) is 15.0. The molecule has 0 aliphatic heterocycles. The van der Waals surface area contributed by atoms with Crippen molar-refractivity contribution in [2.75, 3.05) is 20.8 Å². The maximum Gasteiger partial charge on any atom is 0.187 e. The smallest absolute Gasteiger partial charge is 0.187 e. The van der Waals surface area contributed by atoms with Gasteiger partial charge in [0.1, 0.15) is 5.75 Å². The van der Waals surface area contributed by atoms with Gasteiger partial charge in [0.15, 0.2) is 5.11 Å². The van der Waals surface area contributed by atoms with E-state index < -0.39 is 5.97 Å². The molecule has 0 bridgehead atoms. The Morgan fingerprint density at radius 2 is 2.12 bits per heavy atom. The molecule has 8 heteroatoms. The van der Waals surface area contributed by atoms with Crippen LogP contribution < -0.4 is 20.6 Å². The summed E-state index contributed by atoms with van der Waals surface area (Å²) < 4.78 is 10.2. The lowest BCUT2D eigenvalue weighted by molar-refractivity contribution is -0.304. The predicted octanol–water partition coefficient (Wildman–Crippen LogP) is 0.211. The lowest BCUT2D eigenvalue weighted by Crippen LogP contribution is -2.40. The number of nitrogens with one attached hydrogen (secondary N) is 2. The SMILES string of the molecule is COC[C@H](C)NC(=S)N/N=C(/C)c1ccc(OC)c(CC(=O)[O-])c1. The molecule has 1 atom stereocenters. The number of benzene rings is 1. The summed E-state index contributed by atoms with van der Waals surface area (Å²) in [4.78, 5) is 10.8. The molecule has 0 spiro atoms. The molecule has 0 aromatic heterocycles. The normalized spacial score (nSPS) is 12.4. The molecule has 0 saturated heterocycles. The molecule has 1 aromatic rings. The van der Waals surface area contributed by atoms with Crippen molar-refractivity contribution >= 4 is 29.0 Å². The Balaban J connectivity index is 2.80. The number of carbonyl (C=O) groups is 1. The lowest BCUT2D eigenvalue weighted by Gasteiger charge is -2.15. The van der Waals surface area contributed by atoms with Gasteiger partial charge in [-0.2, -0.15) is 5.10 Å². The number of carbonyl (C=O) groups excluding carboxylic acids is 1. The van der Waals surface area contributed by atoms with Crippen molar-refractivity contribution in [2.24, 2.45) is 5.10 Å². The lowest BCUT2D eigenvalue weighted by atomic mass is 10.0. The van der Waals surface area contributed by atoms with Crippen molar-refractivity contribution in [3.63, 3.8) is 0 Å². The summed E-state index contributed by atoms with van der Waals surface area (Å²) in [5.74, 6) is -0.676. The summed E-state index contributed by atoms with van der Waals surface area (Å²) in [5, 5.41) is 18.4. The van der Waals surface area contributed by atoms with E-state index in [9.17, 15) is 9.90 Å². The molecule has 1 aromatic carbocycles. The standard InChI is InChI=1S/C16H23N3O4S/c1-10(9-22-3)17-16(24)19-18-11(2)12-5-6-14(23-4)13(7-12)8-15(20)21/h5-7,10H,8-9H2,1-4H3,(H,20,21)(H2,17,19,24)/p-1/b18-11-/t10-/m0/s1. The number of hydrazone groups is 1. The molecule has 132 valence electrons. The summed E-state index contributed by atoms with van der Waals surface area (Å²) in [6, 6.07) is 5.26. The Morgan fingerprint density at radius 1 is 1.42 bits per heavy atom. The molecule has 0 fully saturated rings. The van der Waals surface area contributed by atoms with Crippen LogP contribution in [0, 0.1) is 0 Å². The van der Waals surface area contributed by atoms with Gasteiger partial charge in [-0.25, -0.2) is 0 Å². The first-order valence-corrected chi connectivity index (χ1v) is 7.75. The van der Waals surface area contributed by atoms with Crippen LogP contribution in [0.1, 0.15) is 25.0 Å². The van der Waals surface area contributed by atoms with E-state index in [1.54, 1.807) is 32.2 Å². The largest absolute Gasteiger partial charge is 0.550 e. The van der Waals surface area contributed by atoms with Crippen molar-refractivity contribution < 1.29 is 19.4 Å². The second-order valence-electron chi connectivity index (χ2n) is 5.21. The van der Waals surface area contributed by atoms with E-state index in [4.69, 9.17) is 21.7 Å². The average Bonchev–Trinajstić information content (AvgIpc) is 2.52. The molecule has 24 heavy (non-hydrogen) atoms. The van der Waals surface area contributed by atoms with E-state index in [1.165, 1.54) is 7.11 Å². The van der Waals surface area contributed by atoms with Crippen LogP contribution in [-0.4, -0.2) is 43.7 Å². The van der Waals surface area contributed by atoms with Crippen LogP contribution >= 0.6 is 12.2 Å². The monoisotopic (exact) mass is 352 g/mol. The van der Waals surface area contributed by atoms with Gasteiger partial charge in [-0.15, -0.1) is 0 Å². The maximum atomic E-state index is 10.8. The number of carboxylic acids is 1. The first kappa shape index (κ1) is 19.9. The number of thiocarbonyl (C=S) groups is 1. The molecule has 0 aliphatic carbocycles. The van der Waals surface area contributed by atoms with Crippen molar-refractivity contribution in [1.82, 2.24) is 10.7 Å². The van der Waals surface area contributed by atoms with Crippen LogP contribution in [0.4, 0.5) is 0 Å².